The summed E-state index contributed by atoms with van der Waals surface area (Å²) in [5.41, 5.74) is 4.96. The van der Waals surface area contributed by atoms with Crippen molar-refractivity contribution in [2.75, 3.05) is 7.11 Å². The van der Waals surface area contributed by atoms with E-state index < -0.39 is 0 Å². The molecule has 0 radical (unpaired) electrons. The van der Waals surface area contributed by atoms with Crippen molar-refractivity contribution in [3.8, 4) is 11.4 Å². The third-order valence-corrected chi connectivity index (χ3v) is 4.21. The summed E-state index contributed by atoms with van der Waals surface area (Å²) in [6.07, 6.45) is 1.70. The van der Waals surface area contributed by atoms with Crippen LogP contribution in [0.15, 0.2) is 59.8 Å². The Morgan fingerprint density at radius 3 is 2.38 bits per heavy atom. The van der Waals surface area contributed by atoms with Gasteiger partial charge in [-0.05, 0) is 61.9 Å². The molecule has 3 aromatic rings. The van der Waals surface area contributed by atoms with Crippen LogP contribution in [-0.2, 0) is 11.4 Å². The van der Waals surface area contributed by atoms with Gasteiger partial charge in [-0.15, -0.1) is 0 Å². The standard InChI is InChI=1S/C21H21FN2O2/c1-15-12-18(16(2)24(15)20-8-6-19(22)7-9-20)13-23-26-14-17-4-10-21(25-3)11-5-17/h4-13H,14H2,1-3H3/b23-13-. The van der Waals surface area contributed by atoms with Crippen molar-refractivity contribution < 1.29 is 14.0 Å². The van der Waals surface area contributed by atoms with Crippen LogP contribution in [0.3, 0.4) is 0 Å². The summed E-state index contributed by atoms with van der Waals surface area (Å²) in [5.74, 6) is 0.565. The summed E-state index contributed by atoms with van der Waals surface area (Å²) in [6.45, 7) is 4.39. The molecule has 134 valence electrons. The number of methoxy groups -OCH3 is 1. The molecule has 0 atom stereocenters. The molecule has 4 nitrogen and oxygen atoms in total. The maximum Gasteiger partial charge on any atom is 0.142 e. The van der Waals surface area contributed by atoms with Gasteiger partial charge in [-0.25, -0.2) is 4.39 Å². The van der Waals surface area contributed by atoms with Crippen LogP contribution in [0, 0.1) is 19.7 Å². The van der Waals surface area contributed by atoms with E-state index in [1.54, 1.807) is 25.5 Å². The Balaban J connectivity index is 1.68. The van der Waals surface area contributed by atoms with Crippen LogP contribution in [-0.4, -0.2) is 17.9 Å². The number of benzene rings is 2. The lowest BCUT2D eigenvalue weighted by atomic mass is 10.2. The fourth-order valence-electron chi connectivity index (χ4n) is 2.83. The average Bonchev–Trinajstić information content (AvgIpc) is 2.94. The average molecular weight is 352 g/mol. The Bertz CT molecular complexity index is 897. The highest BCUT2D eigenvalue weighted by molar-refractivity contribution is 5.81. The third kappa shape index (κ3) is 3.94. The molecule has 3 rings (SSSR count). The number of ether oxygens (including phenoxy) is 1. The summed E-state index contributed by atoms with van der Waals surface area (Å²) < 4.78 is 20.3. The Labute approximate surface area is 152 Å². The molecular formula is C21H21FN2O2. The predicted molar refractivity (Wildman–Crippen MR) is 101 cm³/mol. The quantitative estimate of drug-likeness (QED) is 0.472. The van der Waals surface area contributed by atoms with Crippen LogP contribution < -0.4 is 4.74 Å². The zero-order valence-corrected chi connectivity index (χ0v) is 15.1. The minimum absolute atomic E-state index is 0.245. The SMILES string of the molecule is COc1ccc(CO/N=C\c2cc(C)n(-c3ccc(F)cc3)c2C)cc1. The number of hydrogen-bond acceptors (Lipinski definition) is 3. The number of aromatic nitrogens is 1. The van der Waals surface area contributed by atoms with Crippen molar-refractivity contribution in [1.29, 1.82) is 0 Å². The molecule has 0 aliphatic heterocycles. The highest BCUT2D eigenvalue weighted by Crippen LogP contribution is 2.20. The van der Waals surface area contributed by atoms with Crippen molar-refractivity contribution >= 4 is 6.21 Å². The summed E-state index contributed by atoms with van der Waals surface area (Å²) in [5, 5.41) is 4.07. The molecular weight excluding hydrogens is 331 g/mol. The number of nitrogens with zero attached hydrogens (tertiary/aromatic N) is 2. The van der Waals surface area contributed by atoms with Crippen molar-refractivity contribution in [3.05, 3.63) is 82.9 Å². The Hall–Kier alpha value is -3.08. The van der Waals surface area contributed by atoms with Crippen LogP contribution in [0.2, 0.25) is 0 Å². The minimum atomic E-state index is -0.245. The smallest absolute Gasteiger partial charge is 0.142 e. The molecule has 0 amide bonds. The second-order valence-electron chi connectivity index (χ2n) is 5.99. The fourth-order valence-corrected chi connectivity index (χ4v) is 2.83. The van der Waals surface area contributed by atoms with Gasteiger partial charge in [0.25, 0.3) is 0 Å². The van der Waals surface area contributed by atoms with Crippen molar-refractivity contribution in [2.24, 2.45) is 5.16 Å². The Morgan fingerprint density at radius 2 is 1.73 bits per heavy atom. The summed E-state index contributed by atoms with van der Waals surface area (Å²) in [4.78, 5) is 5.39. The molecule has 0 unspecified atom stereocenters. The van der Waals surface area contributed by atoms with E-state index in [9.17, 15) is 4.39 Å². The zero-order valence-electron chi connectivity index (χ0n) is 15.1. The maximum absolute atomic E-state index is 13.1. The molecule has 0 aliphatic rings. The van der Waals surface area contributed by atoms with E-state index >= 15 is 0 Å². The van der Waals surface area contributed by atoms with E-state index in [-0.39, 0.29) is 5.82 Å². The number of aryl methyl sites for hydroxylation is 1. The molecule has 5 heteroatoms. The van der Waals surface area contributed by atoms with E-state index in [1.165, 1.54) is 12.1 Å². The fraction of sp³-hybridized carbons (Fsp3) is 0.190. The van der Waals surface area contributed by atoms with Gasteiger partial charge in [0.2, 0.25) is 0 Å². The van der Waals surface area contributed by atoms with E-state index in [0.29, 0.717) is 6.61 Å². The first kappa shape index (κ1) is 17.7. The van der Waals surface area contributed by atoms with Gasteiger partial charge in [0.05, 0.1) is 13.3 Å². The third-order valence-electron chi connectivity index (χ3n) is 4.21. The van der Waals surface area contributed by atoms with Gasteiger partial charge in [-0.3, -0.25) is 0 Å². The number of hydrogen-bond donors (Lipinski definition) is 0. The second-order valence-corrected chi connectivity index (χ2v) is 5.99. The predicted octanol–water partition coefficient (Wildman–Crippen LogP) is 4.79. The number of halogens is 1. The summed E-state index contributed by atoms with van der Waals surface area (Å²) >= 11 is 0. The van der Waals surface area contributed by atoms with Gasteiger partial charge in [0.1, 0.15) is 18.2 Å². The molecule has 1 heterocycles. The summed E-state index contributed by atoms with van der Waals surface area (Å²) in [6, 6.07) is 16.1. The second kappa shape index (κ2) is 7.87. The normalized spacial score (nSPS) is 11.1. The van der Waals surface area contributed by atoms with Crippen molar-refractivity contribution in [3.63, 3.8) is 0 Å². The van der Waals surface area contributed by atoms with E-state index in [1.807, 2.05) is 44.2 Å². The molecule has 0 N–H and O–H groups in total. The van der Waals surface area contributed by atoms with Gasteiger partial charge >= 0.3 is 0 Å². The lowest BCUT2D eigenvalue weighted by Gasteiger charge is -2.09. The summed E-state index contributed by atoms with van der Waals surface area (Å²) in [7, 11) is 1.64. The highest BCUT2D eigenvalue weighted by atomic mass is 19.1. The van der Waals surface area contributed by atoms with Crippen LogP contribution in [0.25, 0.3) is 5.69 Å². The van der Waals surface area contributed by atoms with Crippen molar-refractivity contribution in [1.82, 2.24) is 4.57 Å². The van der Waals surface area contributed by atoms with Gasteiger partial charge in [-0.2, -0.15) is 0 Å². The molecule has 26 heavy (non-hydrogen) atoms. The van der Waals surface area contributed by atoms with E-state index in [0.717, 1.165) is 34.0 Å². The first-order chi connectivity index (χ1) is 12.6. The first-order valence-electron chi connectivity index (χ1n) is 8.31. The largest absolute Gasteiger partial charge is 0.497 e. The van der Waals surface area contributed by atoms with Gasteiger partial charge < -0.3 is 14.1 Å². The molecule has 0 aliphatic carbocycles. The van der Waals surface area contributed by atoms with Gasteiger partial charge in [0, 0.05) is 22.6 Å². The van der Waals surface area contributed by atoms with Gasteiger partial charge in [-0.1, -0.05) is 17.3 Å². The number of oxime groups is 1. The van der Waals surface area contributed by atoms with Crippen LogP contribution in [0.4, 0.5) is 4.39 Å². The van der Waals surface area contributed by atoms with E-state index in [4.69, 9.17) is 9.57 Å². The molecule has 0 spiro atoms. The molecule has 0 fully saturated rings. The lowest BCUT2D eigenvalue weighted by molar-refractivity contribution is 0.132. The maximum atomic E-state index is 13.1. The van der Waals surface area contributed by atoms with Gasteiger partial charge in [0.15, 0.2) is 0 Å². The highest BCUT2D eigenvalue weighted by Gasteiger charge is 2.09. The lowest BCUT2D eigenvalue weighted by Crippen LogP contribution is -1.99. The van der Waals surface area contributed by atoms with E-state index in [2.05, 4.69) is 9.72 Å². The Kier molecular flexibility index (Phi) is 5.37. The molecule has 0 saturated carbocycles. The minimum Gasteiger partial charge on any atom is -0.497 e. The molecule has 0 bridgehead atoms. The molecule has 2 aromatic carbocycles. The zero-order chi connectivity index (χ0) is 18.5. The van der Waals surface area contributed by atoms with Crippen LogP contribution in [0.1, 0.15) is 22.5 Å². The monoisotopic (exact) mass is 352 g/mol. The molecule has 0 saturated heterocycles. The topological polar surface area (TPSA) is 35.8 Å². The van der Waals surface area contributed by atoms with Crippen LogP contribution in [0.5, 0.6) is 5.75 Å². The molecule has 1 aromatic heterocycles. The Morgan fingerprint density at radius 1 is 1.04 bits per heavy atom. The number of rotatable bonds is 6. The first-order valence-corrected chi connectivity index (χ1v) is 8.31. The van der Waals surface area contributed by atoms with Crippen LogP contribution >= 0.6 is 0 Å². The van der Waals surface area contributed by atoms with Crippen molar-refractivity contribution in [2.45, 2.75) is 20.5 Å².